The molecule has 28 heavy (non-hydrogen) atoms. The molecule has 0 radical (unpaired) electrons. The van der Waals surface area contributed by atoms with Crippen molar-refractivity contribution in [3.8, 4) is 5.75 Å². The van der Waals surface area contributed by atoms with Gasteiger partial charge in [-0.15, -0.1) is 0 Å². The number of benzene rings is 2. The maximum Gasteiger partial charge on any atom is 0.387 e. The Labute approximate surface area is 167 Å². The lowest BCUT2D eigenvalue weighted by molar-refractivity contribution is -0.534. The number of halogens is 3. The molecule has 0 fully saturated rings. The van der Waals surface area contributed by atoms with E-state index in [1.54, 1.807) is 24.3 Å². The Hall–Kier alpha value is -2.18. The van der Waals surface area contributed by atoms with Gasteiger partial charge in [-0.2, -0.15) is 13.7 Å². The second-order valence-corrected chi connectivity index (χ2v) is 7.62. The number of alkyl halides is 2. The van der Waals surface area contributed by atoms with Crippen molar-refractivity contribution in [2.24, 2.45) is 0 Å². The van der Waals surface area contributed by atoms with Gasteiger partial charge in [0.15, 0.2) is 6.54 Å². The summed E-state index contributed by atoms with van der Waals surface area (Å²) in [5, 5.41) is 12.4. The summed E-state index contributed by atoms with van der Waals surface area (Å²) in [5.41, 5.74) is 0.214. The van der Waals surface area contributed by atoms with Gasteiger partial charge in [-0.25, -0.2) is 0 Å². The van der Waals surface area contributed by atoms with Crippen LogP contribution in [0.1, 0.15) is 31.2 Å². The molecule has 0 amide bonds. The van der Waals surface area contributed by atoms with Crippen LogP contribution >= 0.6 is 11.6 Å². The number of hydrogen-bond donors (Lipinski definition) is 1. The summed E-state index contributed by atoms with van der Waals surface area (Å²) in [6, 6.07) is 13.6. The average molecular weight is 408 g/mol. The van der Waals surface area contributed by atoms with E-state index in [1.807, 2.05) is 17.0 Å². The zero-order valence-electron chi connectivity index (χ0n) is 15.3. The molecule has 7 heteroatoms. The summed E-state index contributed by atoms with van der Waals surface area (Å²) in [5.74, 6) is 1.15. The van der Waals surface area contributed by atoms with Gasteiger partial charge < -0.3 is 9.84 Å². The third kappa shape index (κ3) is 3.59. The van der Waals surface area contributed by atoms with E-state index >= 15 is 0 Å². The van der Waals surface area contributed by atoms with Crippen LogP contribution in [0.4, 0.5) is 14.5 Å². The van der Waals surface area contributed by atoms with Crippen molar-refractivity contribution in [3.05, 3.63) is 59.1 Å². The third-order valence-corrected chi connectivity index (χ3v) is 5.61. The van der Waals surface area contributed by atoms with Crippen molar-refractivity contribution in [1.82, 2.24) is 0 Å². The Bertz CT molecular complexity index is 871. The molecule has 1 unspecified atom stereocenters. The van der Waals surface area contributed by atoms with Crippen LogP contribution in [0.15, 0.2) is 48.5 Å². The minimum atomic E-state index is -2.87. The minimum absolute atomic E-state index is 0.0932. The topological polar surface area (TPSA) is 35.7 Å². The zero-order valence-corrected chi connectivity index (χ0v) is 16.1. The molecule has 0 aliphatic carbocycles. The SMILES string of the molecule is OC1(c2ccc(Cl)cc2)C[N+]2=C(CCCCC2)N1c1ccc(OC(F)F)cc1. The average Bonchev–Trinajstić information content (AvgIpc) is 2.79. The monoisotopic (exact) mass is 407 g/mol. The van der Waals surface area contributed by atoms with Crippen molar-refractivity contribution in [2.45, 2.75) is 38.0 Å². The number of amidine groups is 1. The Morgan fingerprint density at radius 1 is 1.04 bits per heavy atom. The van der Waals surface area contributed by atoms with E-state index in [-0.39, 0.29) is 5.75 Å². The molecule has 1 atom stereocenters. The van der Waals surface area contributed by atoms with E-state index in [0.29, 0.717) is 11.6 Å². The smallest absolute Gasteiger partial charge is 0.387 e. The lowest BCUT2D eigenvalue weighted by Gasteiger charge is -2.29. The molecule has 2 aliphatic rings. The number of aliphatic hydroxyl groups is 1. The van der Waals surface area contributed by atoms with Gasteiger partial charge in [-0.05, 0) is 55.7 Å². The highest BCUT2D eigenvalue weighted by Crippen LogP contribution is 2.38. The zero-order chi connectivity index (χ0) is 19.7. The second-order valence-electron chi connectivity index (χ2n) is 7.18. The molecule has 0 aromatic heterocycles. The van der Waals surface area contributed by atoms with E-state index in [9.17, 15) is 13.9 Å². The quantitative estimate of drug-likeness (QED) is 0.753. The van der Waals surface area contributed by atoms with Crippen molar-refractivity contribution < 1.29 is 23.2 Å². The largest absolute Gasteiger partial charge is 0.435 e. The predicted molar refractivity (Wildman–Crippen MR) is 104 cm³/mol. The first kappa shape index (κ1) is 19.2. The van der Waals surface area contributed by atoms with Gasteiger partial charge in [0.25, 0.3) is 11.6 Å². The summed E-state index contributed by atoms with van der Waals surface area (Å²) < 4.78 is 31.6. The molecular formula is C21H22ClF2N2O2+. The van der Waals surface area contributed by atoms with Crippen LogP contribution in [0.5, 0.6) is 5.75 Å². The molecule has 148 valence electrons. The molecule has 4 rings (SSSR count). The summed E-state index contributed by atoms with van der Waals surface area (Å²) in [7, 11) is 0. The van der Waals surface area contributed by atoms with E-state index in [4.69, 9.17) is 11.6 Å². The predicted octanol–water partition coefficient (Wildman–Crippen LogP) is 4.59. The Morgan fingerprint density at radius 2 is 1.75 bits per heavy atom. The number of rotatable bonds is 4. The fourth-order valence-electron chi connectivity index (χ4n) is 4.10. The van der Waals surface area contributed by atoms with Gasteiger partial charge in [0.2, 0.25) is 0 Å². The van der Waals surface area contributed by atoms with Gasteiger partial charge in [0.1, 0.15) is 11.4 Å². The van der Waals surface area contributed by atoms with Gasteiger partial charge in [-0.3, -0.25) is 4.58 Å². The van der Waals surface area contributed by atoms with E-state index < -0.39 is 12.3 Å². The maximum absolute atomic E-state index is 12.5. The maximum atomic E-state index is 12.5. The Balaban J connectivity index is 1.75. The summed E-state index contributed by atoms with van der Waals surface area (Å²) in [6.45, 7) is -1.54. The fourth-order valence-corrected chi connectivity index (χ4v) is 4.23. The van der Waals surface area contributed by atoms with E-state index in [1.165, 1.54) is 12.1 Å². The molecule has 2 aromatic carbocycles. The van der Waals surface area contributed by atoms with Gasteiger partial charge >= 0.3 is 6.61 Å². The second kappa shape index (κ2) is 7.68. The number of nitrogens with zero attached hydrogens (tertiary/aromatic N) is 2. The van der Waals surface area contributed by atoms with Crippen molar-refractivity contribution in [3.63, 3.8) is 0 Å². The molecule has 0 saturated carbocycles. The number of hydrogen-bond acceptors (Lipinski definition) is 3. The van der Waals surface area contributed by atoms with Crippen molar-refractivity contribution in [1.29, 1.82) is 0 Å². The summed E-state index contributed by atoms with van der Waals surface area (Å²) >= 11 is 6.03. The van der Waals surface area contributed by atoms with Crippen LogP contribution < -0.4 is 9.64 Å². The lowest BCUT2D eigenvalue weighted by Crippen LogP contribution is -2.47. The molecule has 4 nitrogen and oxygen atoms in total. The van der Waals surface area contributed by atoms with Gasteiger partial charge in [0.05, 0.1) is 6.54 Å². The molecule has 2 heterocycles. The number of ether oxygens (including phenoxy) is 1. The molecule has 0 spiro atoms. The Morgan fingerprint density at radius 3 is 2.43 bits per heavy atom. The molecule has 2 aliphatic heterocycles. The molecule has 2 aromatic rings. The number of anilines is 1. The van der Waals surface area contributed by atoms with Crippen molar-refractivity contribution in [2.75, 3.05) is 18.0 Å². The first-order valence-corrected chi connectivity index (χ1v) is 9.79. The first-order chi connectivity index (χ1) is 13.5. The Kier molecular flexibility index (Phi) is 5.25. The highest BCUT2D eigenvalue weighted by Gasteiger charge is 2.54. The van der Waals surface area contributed by atoms with Crippen LogP contribution in [-0.2, 0) is 5.72 Å². The van der Waals surface area contributed by atoms with Crippen LogP contribution in [-0.4, -0.2) is 35.2 Å². The third-order valence-electron chi connectivity index (χ3n) is 5.36. The molecule has 0 saturated heterocycles. The summed E-state index contributed by atoms with van der Waals surface area (Å²) in [4.78, 5) is 1.92. The van der Waals surface area contributed by atoms with Crippen molar-refractivity contribution >= 4 is 23.1 Å². The van der Waals surface area contributed by atoms with Crippen LogP contribution in [0.25, 0.3) is 0 Å². The van der Waals surface area contributed by atoms with Gasteiger partial charge in [-0.1, -0.05) is 23.7 Å². The highest BCUT2D eigenvalue weighted by molar-refractivity contribution is 6.30. The van der Waals surface area contributed by atoms with Crippen LogP contribution in [0.3, 0.4) is 0 Å². The minimum Gasteiger partial charge on any atom is -0.435 e. The van der Waals surface area contributed by atoms with E-state index in [2.05, 4.69) is 9.31 Å². The normalized spacial score (nSPS) is 22.4. The highest BCUT2D eigenvalue weighted by atomic mass is 35.5. The lowest BCUT2D eigenvalue weighted by atomic mass is 10.00. The first-order valence-electron chi connectivity index (χ1n) is 9.42. The van der Waals surface area contributed by atoms with Crippen LogP contribution in [0.2, 0.25) is 5.02 Å². The van der Waals surface area contributed by atoms with Gasteiger partial charge in [0, 0.05) is 17.0 Å². The summed E-state index contributed by atoms with van der Waals surface area (Å²) in [6.07, 6.45) is 4.13. The standard InChI is InChI=1S/C21H22ClF2N2O2/c22-16-7-5-15(6-8-16)21(27)14-25-13-3-1-2-4-19(25)26(21)17-9-11-18(12-10-17)28-20(23)24/h5-12,20,27H,1-4,13-14H2/q+1. The molecular weight excluding hydrogens is 386 g/mol. The molecule has 0 bridgehead atoms. The van der Waals surface area contributed by atoms with E-state index in [0.717, 1.165) is 49.3 Å². The van der Waals surface area contributed by atoms with Crippen LogP contribution in [0, 0.1) is 0 Å². The fraction of sp³-hybridized carbons (Fsp3) is 0.381. The molecule has 1 N–H and O–H groups in total.